The minimum absolute atomic E-state index is 0.233. The molecule has 2 aromatic heterocycles. The Morgan fingerprint density at radius 1 is 1.04 bits per heavy atom. The van der Waals surface area contributed by atoms with E-state index in [4.69, 9.17) is 0 Å². The van der Waals surface area contributed by atoms with Crippen LogP contribution in [0.25, 0.3) is 5.65 Å². The first-order valence-electron chi connectivity index (χ1n) is 7.78. The summed E-state index contributed by atoms with van der Waals surface area (Å²) in [4.78, 5) is 30.6. The molecule has 0 aliphatic carbocycles. The van der Waals surface area contributed by atoms with Gasteiger partial charge in [-0.05, 0) is 37.3 Å². The van der Waals surface area contributed by atoms with Gasteiger partial charge in [-0.1, -0.05) is 12.1 Å². The van der Waals surface area contributed by atoms with Gasteiger partial charge in [-0.2, -0.15) is 0 Å². The summed E-state index contributed by atoms with van der Waals surface area (Å²) >= 11 is 0. The molecular weight excluding hydrogens is 318 g/mol. The number of hydrogen-bond donors (Lipinski definition) is 2. The Morgan fingerprint density at radius 2 is 1.76 bits per heavy atom. The first-order valence-corrected chi connectivity index (χ1v) is 7.78. The predicted octanol–water partition coefficient (Wildman–Crippen LogP) is 1.78. The Labute approximate surface area is 145 Å². The van der Waals surface area contributed by atoms with Gasteiger partial charge >= 0.3 is 0 Å². The quantitative estimate of drug-likeness (QED) is 0.714. The summed E-state index contributed by atoms with van der Waals surface area (Å²) in [5, 5.41) is 0. The maximum absolute atomic E-state index is 12.2. The molecule has 0 fully saturated rings. The number of aryl methyl sites for hydroxylation is 1. The van der Waals surface area contributed by atoms with Crippen LogP contribution in [-0.2, 0) is 0 Å². The molecule has 3 rings (SSSR count). The van der Waals surface area contributed by atoms with Crippen LogP contribution in [0.15, 0.2) is 48.7 Å². The number of hydrogen-bond acceptors (Lipinski definition) is 4. The number of anilines is 1. The number of benzene rings is 1. The molecule has 0 saturated heterocycles. The molecule has 3 aromatic rings. The van der Waals surface area contributed by atoms with Crippen molar-refractivity contribution in [2.75, 3.05) is 19.0 Å². The number of carbonyl (C=O) groups excluding carboxylic acids is 2. The van der Waals surface area contributed by atoms with Crippen LogP contribution in [0, 0.1) is 6.92 Å². The second kappa shape index (κ2) is 6.64. The first-order chi connectivity index (χ1) is 12.0. The Kier molecular flexibility index (Phi) is 4.38. The van der Waals surface area contributed by atoms with Crippen LogP contribution in [0.1, 0.15) is 26.5 Å². The topological polar surface area (TPSA) is 78.7 Å². The molecule has 0 spiro atoms. The van der Waals surface area contributed by atoms with Gasteiger partial charge in [-0.15, -0.1) is 0 Å². The minimum atomic E-state index is -0.472. The summed E-state index contributed by atoms with van der Waals surface area (Å²) in [6, 6.07) is 12.7. The highest BCUT2D eigenvalue weighted by Gasteiger charge is 2.13. The van der Waals surface area contributed by atoms with Crippen LogP contribution in [-0.4, -0.2) is 35.3 Å². The van der Waals surface area contributed by atoms with E-state index in [1.807, 2.05) is 54.6 Å². The van der Waals surface area contributed by atoms with E-state index in [1.165, 1.54) is 0 Å². The van der Waals surface area contributed by atoms with Crippen LogP contribution < -0.4 is 15.8 Å². The number of aromatic nitrogens is 2. The molecule has 0 aliphatic heterocycles. The molecule has 0 radical (unpaired) electrons. The molecule has 1 aromatic carbocycles. The van der Waals surface area contributed by atoms with E-state index < -0.39 is 11.8 Å². The molecule has 0 saturated carbocycles. The first kappa shape index (κ1) is 16.5. The van der Waals surface area contributed by atoms with Gasteiger partial charge in [0.1, 0.15) is 11.3 Å². The number of amides is 2. The summed E-state index contributed by atoms with van der Waals surface area (Å²) in [5.41, 5.74) is 8.04. The van der Waals surface area contributed by atoms with E-state index in [-0.39, 0.29) is 5.69 Å². The second-order valence-corrected chi connectivity index (χ2v) is 5.87. The molecule has 0 aliphatic rings. The summed E-state index contributed by atoms with van der Waals surface area (Å²) in [6.45, 7) is 1.93. The van der Waals surface area contributed by atoms with Gasteiger partial charge in [0.2, 0.25) is 0 Å². The molecule has 7 heteroatoms. The fourth-order valence-electron chi connectivity index (χ4n) is 2.43. The van der Waals surface area contributed by atoms with Crippen molar-refractivity contribution in [3.05, 3.63) is 65.6 Å². The lowest BCUT2D eigenvalue weighted by molar-refractivity contribution is 0.0844. The Bertz CT molecular complexity index is 946. The largest absolute Gasteiger partial charge is 0.378 e. The average molecular weight is 337 g/mol. The van der Waals surface area contributed by atoms with Crippen molar-refractivity contribution in [1.29, 1.82) is 0 Å². The third-order valence-corrected chi connectivity index (χ3v) is 3.84. The molecular formula is C18H19N5O2. The van der Waals surface area contributed by atoms with Gasteiger partial charge in [0.05, 0.1) is 0 Å². The molecule has 2 amide bonds. The van der Waals surface area contributed by atoms with Crippen LogP contribution in [0.3, 0.4) is 0 Å². The third-order valence-electron chi connectivity index (χ3n) is 3.84. The molecule has 0 bridgehead atoms. The smallest absolute Gasteiger partial charge is 0.289 e. The average Bonchev–Trinajstić information content (AvgIpc) is 3.05. The highest BCUT2D eigenvalue weighted by Crippen LogP contribution is 2.13. The number of imidazole rings is 1. The highest BCUT2D eigenvalue weighted by atomic mass is 16.2. The van der Waals surface area contributed by atoms with E-state index in [0.29, 0.717) is 11.2 Å². The standard InChI is InChI=1S/C18H19N5O2/c1-12-6-4-9-16-19-15(11-23(12)16)18(25)21-20-17(24)13-7-5-8-14(10-13)22(2)3/h4-11H,1-3H3,(H,20,24)(H,21,25). The van der Waals surface area contributed by atoms with Gasteiger partial charge in [-0.25, -0.2) is 4.98 Å². The number of hydrazine groups is 1. The molecule has 25 heavy (non-hydrogen) atoms. The molecule has 0 unspecified atom stereocenters. The lowest BCUT2D eigenvalue weighted by Crippen LogP contribution is -2.41. The highest BCUT2D eigenvalue weighted by molar-refractivity contribution is 5.99. The van der Waals surface area contributed by atoms with E-state index >= 15 is 0 Å². The second-order valence-electron chi connectivity index (χ2n) is 5.87. The zero-order chi connectivity index (χ0) is 18.0. The molecule has 7 nitrogen and oxygen atoms in total. The van der Waals surface area contributed by atoms with Crippen molar-refractivity contribution in [2.24, 2.45) is 0 Å². The minimum Gasteiger partial charge on any atom is -0.378 e. The molecule has 128 valence electrons. The summed E-state index contributed by atoms with van der Waals surface area (Å²) in [7, 11) is 3.79. The van der Waals surface area contributed by atoms with E-state index in [9.17, 15) is 9.59 Å². The predicted molar refractivity (Wildman–Crippen MR) is 95.6 cm³/mol. The van der Waals surface area contributed by atoms with Gasteiger partial charge in [-0.3, -0.25) is 20.4 Å². The van der Waals surface area contributed by atoms with Crippen LogP contribution >= 0.6 is 0 Å². The lowest BCUT2D eigenvalue weighted by Gasteiger charge is -2.13. The van der Waals surface area contributed by atoms with Crippen LogP contribution in [0.2, 0.25) is 0 Å². The number of carbonyl (C=O) groups is 2. The van der Waals surface area contributed by atoms with Gasteiger partial charge in [0.15, 0.2) is 0 Å². The van der Waals surface area contributed by atoms with Crippen molar-refractivity contribution in [3.63, 3.8) is 0 Å². The fraction of sp³-hybridized carbons (Fsp3) is 0.167. The summed E-state index contributed by atoms with van der Waals surface area (Å²) < 4.78 is 1.82. The van der Waals surface area contributed by atoms with Gasteiger partial charge in [0, 0.05) is 37.2 Å². The van der Waals surface area contributed by atoms with Crippen molar-refractivity contribution < 1.29 is 9.59 Å². The number of nitrogens with zero attached hydrogens (tertiary/aromatic N) is 3. The Morgan fingerprint density at radius 3 is 2.48 bits per heavy atom. The van der Waals surface area contributed by atoms with Crippen molar-refractivity contribution in [2.45, 2.75) is 6.92 Å². The maximum atomic E-state index is 12.2. The molecule has 2 N–H and O–H groups in total. The summed E-state index contributed by atoms with van der Waals surface area (Å²) in [6.07, 6.45) is 1.64. The number of rotatable bonds is 3. The van der Waals surface area contributed by atoms with Gasteiger partial charge in [0.25, 0.3) is 11.8 Å². The Hall–Kier alpha value is -3.35. The molecule has 2 heterocycles. The van der Waals surface area contributed by atoms with Crippen LogP contribution in [0.5, 0.6) is 0 Å². The van der Waals surface area contributed by atoms with Crippen LogP contribution in [0.4, 0.5) is 5.69 Å². The van der Waals surface area contributed by atoms with Crippen molar-refractivity contribution in [1.82, 2.24) is 20.2 Å². The SMILES string of the molecule is Cc1cccc2nc(C(=O)NNC(=O)c3cccc(N(C)C)c3)cn12. The van der Waals surface area contributed by atoms with Crippen molar-refractivity contribution >= 4 is 23.1 Å². The summed E-state index contributed by atoms with van der Waals surface area (Å²) in [5.74, 6) is -0.864. The third kappa shape index (κ3) is 3.45. The van der Waals surface area contributed by atoms with Gasteiger partial charge < -0.3 is 9.30 Å². The van der Waals surface area contributed by atoms with Crippen molar-refractivity contribution in [3.8, 4) is 0 Å². The molecule has 0 atom stereocenters. The Balaban J connectivity index is 1.70. The number of pyridine rings is 1. The number of fused-ring (bicyclic) bond motifs is 1. The maximum Gasteiger partial charge on any atom is 0.289 e. The van der Waals surface area contributed by atoms with E-state index in [1.54, 1.807) is 24.4 Å². The zero-order valence-electron chi connectivity index (χ0n) is 14.3. The van der Waals surface area contributed by atoms with E-state index in [2.05, 4.69) is 15.8 Å². The fourth-order valence-corrected chi connectivity index (χ4v) is 2.43. The zero-order valence-corrected chi connectivity index (χ0v) is 14.3. The van der Waals surface area contributed by atoms with E-state index in [0.717, 1.165) is 11.4 Å². The lowest BCUT2D eigenvalue weighted by atomic mass is 10.2. The normalized spacial score (nSPS) is 10.5. The number of nitrogens with one attached hydrogen (secondary N) is 2. The monoisotopic (exact) mass is 337 g/mol.